The molecule has 7 heteroatoms. The van der Waals surface area contributed by atoms with E-state index in [1.165, 1.54) is 17.5 Å². The molecule has 0 atom stereocenters. The number of nitrogens with one attached hydrogen (secondary N) is 1. The van der Waals surface area contributed by atoms with E-state index in [1.807, 2.05) is 36.4 Å². The Kier molecular flexibility index (Phi) is 8.03. The fourth-order valence-corrected chi connectivity index (χ4v) is 6.98. The molecule has 0 radical (unpaired) electrons. The van der Waals surface area contributed by atoms with Crippen LogP contribution in [-0.4, -0.2) is 49.7 Å². The number of rotatable bonds is 7. The van der Waals surface area contributed by atoms with Gasteiger partial charge < -0.3 is 5.32 Å². The lowest BCUT2D eigenvalue weighted by Gasteiger charge is -2.39. The molecule has 0 unspecified atom stereocenters. The second kappa shape index (κ2) is 11.6. The van der Waals surface area contributed by atoms with E-state index in [-0.39, 0.29) is 22.8 Å². The molecule has 5 rings (SSSR count). The van der Waals surface area contributed by atoms with E-state index < -0.39 is 10.0 Å². The summed E-state index contributed by atoms with van der Waals surface area (Å²) in [7, 11) is -3.61. The Morgan fingerprint density at radius 2 is 1.27 bits per heavy atom. The first-order valence-electron chi connectivity index (χ1n) is 13.3. The van der Waals surface area contributed by atoms with Crippen molar-refractivity contribution in [1.82, 2.24) is 9.21 Å². The number of nitrogens with zero attached hydrogens (tertiary/aromatic N) is 2. The minimum atomic E-state index is -3.61. The molecule has 194 valence electrons. The van der Waals surface area contributed by atoms with E-state index >= 15 is 0 Å². The minimum Gasteiger partial charge on any atom is -0.326 e. The van der Waals surface area contributed by atoms with Crippen LogP contribution in [0.1, 0.15) is 49.3 Å². The standard InChI is InChI=1S/C30H35N3O3S/c34-30(26-14-8-3-9-15-26)31-27-16-18-28(19-17-27)37(35,36)33-22-20-32(21-23-33)29(24-10-4-1-5-11-24)25-12-6-2-7-13-25/h1-2,4-7,10-13,16-19,26,29H,3,8-9,14-15,20-23H2,(H,31,34). The van der Waals surface area contributed by atoms with Gasteiger partial charge in [0.2, 0.25) is 15.9 Å². The van der Waals surface area contributed by atoms with Gasteiger partial charge in [-0.25, -0.2) is 8.42 Å². The minimum absolute atomic E-state index is 0.0396. The van der Waals surface area contributed by atoms with Crippen molar-refractivity contribution in [3.63, 3.8) is 0 Å². The lowest BCUT2D eigenvalue weighted by Crippen LogP contribution is -2.49. The van der Waals surface area contributed by atoms with Crippen LogP contribution in [0.25, 0.3) is 0 Å². The average Bonchev–Trinajstić information content (AvgIpc) is 2.95. The van der Waals surface area contributed by atoms with Crippen molar-refractivity contribution in [2.75, 3.05) is 31.5 Å². The van der Waals surface area contributed by atoms with E-state index in [0.717, 1.165) is 25.7 Å². The van der Waals surface area contributed by atoms with Gasteiger partial charge >= 0.3 is 0 Å². The topological polar surface area (TPSA) is 69.7 Å². The molecule has 1 heterocycles. The van der Waals surface area contributed by atoms with Crippen LogP contribution in [0.2, 0.25) is 0 Å². The second-order valence-electron chi connectivity index (χ2n) is 10.0. The number of piperazine rings is 1. The van der Waals surface area contributed by atoms with Crippen LogP contribution in [-0.2, 0) is 14.8 Å². The third kappa shape index (κ3) is 5.95. The first-order chi connectivity index (χ1) is 18.0. The molecule has 2 aliphatic rings. The molecule has 1 saturated carbocycles. The molecule has 1 saturated heterocycles. The van der Waals surface area contributed by atoms with Crippen molar-refractivity contribution in [2.24, 2.45) is 5.92 Å². The Hall–Kier alpha value is -3.00. The summed E-state index contributed by atoms with van der Waals surface area (Å²) in [5.74, 6) is 0.0990. The molecule has 0 aromatic heterocycles. The van der Waals surface area contributed by atoms with Gasteiger partial charge in [0.1, 0.15) is 0 Å². The van der Waals surface area contributed by atoms with Gasteiger partial charge in [-0.1, -0.05) is 79.9 Å². The Morgan fingerprint density at radius 3 is 1.81 bits per heavy atom. The van der Waals surface area contributed by atoms with Gasteiger partial charge in [0, 0.05) is 37.8 Å². The zero-order valence-corrected chi connectivity index (χ0v) is 21.9. The van der Waals surface area contributed by atoms with Crippen LogP contribution in [0, 0.1) is 5.92 Å². The van der Waals surface area contributed by atoms with Crippen LogP contribution in [0.15, 0.2) is 89.8 Å². The Morgan fingerprint density at radius 1 is 0.730 bits per heavy atom. The smallest absolute Gasteiger partial charge is 0.243 e. The highest BCUT2D eigenvalue weighted by Gasteiger charge is 2.32. The normalized spacial score (nSPS) is 18.1. The Bertz CT molecular complexity index is 1230. The van der Waals surface area contributed by atoms with Gasteiger partial charge in [-0.05, 0) is 48.2 Å². The summed E-state index contributed by atoms with van der Waals surface area (Å²) in [6.07, 6.45) is 5.25. The van der Waals surface area contributed by atoms with Gasteiger partial charge in [-0.2, -0.15) is 4.31 Å². The molecule has 1 N–H and O–H groups in total. The molecular weight excluding hydrogens is 482 g/mol. The lowest BCUT2D eigenvalue weighted by molar-refractivity contribution is -0.120. The number of hydrogen-bond acceptors (Lipinski definition) is 4. The van der Waals surface area contributed by atoms with Gasteiger partial charge in [0.25, 0.3) is 0 Å². The summed E-state index contributed by atoms with van der Waals surface area (Å²) in [6.45, 7) is 2.14. The van der Waals surface area contributed by atoms with E-state index in [1.54, 1.807) is 28.6 Å². The predicted octanol–water partition coefficient (Wildman–Crippen LogP) is 5.30. The predicted molar refractivity (Wildman–Crippen MR) is 147 cm³/mol. The molecule has 0 spiro atoms. The van der Waals surface area contributed by atoms with Crippen molar-refractivity contribution in [2.45, 2.75) is 43.0 Å². The monoisotopic (exact) mass is 517 g/mol. The quantitative estimate of drug-likeness (QED) is 0.462. The van der Waals surface area contributed by atoms with Gasteiger partial charge in [0.05, 0.1) is 10.9 Å². The summed E-state index contributed by atoms with van der Waals surface area (Å²) in [5, 5.41) is 2.97. The number of hydrogen-bond donors (Lipinski definition) is 1. The number of sulfonamides is 1. The maximum Gasteiger partial charge on any atom is 0.243 e. The van der Waals surface area contributed by atoms with Crippen LogP contribution >= 0.6 is 0 Å². The van der Waals surface area contributed by atoms with E-state index in [0.29, 0.717) is 31.9 Å². The average molecular weight is 518 g/mol. The number of carbonyl (C=O) groups is 1. The molecule has 3 aromatic carbocycles. The fraction of sp³-hybridized carbons (Fsp3) is 0.367. The molecule has 6 nitrogen and oxygen atoms in total. The first-order valence-corrected chi connectivity index (χ1v) is 14.7. The Labute approximate surface area is 220 Å². The van der Waals surface area contributed by atoms with Crippen molar-refractivity contribution in [1.29, 1.82) is 0 Å². The van der Waals surface area contributed by atoms with Gasteiger partial charge in [-0.15, -0.1) is 0 Å². The third-order valence-electron chi connectivity index (χ3n) is 7.60. The highest BCUT2D eigenvalue weighted by atomic mass is 32.2. The summed E-state index contributed by atoms with van der Waals surface area (Å²) >= 11 is 0. The van der Waals surface area contributed by atoms with Gasteiger partial charge in [-0.3, -0.25) is 9.69 Å². The third-order valence-corrected chi connectivity index (χ3v) is 9.52. The van der Waals surface area contributed by atoms with Gasteiger partial charge in [0.15, 0.2) is 0 Å². The van der Waals surface area contributed by atoms with Crippen molar-refractivity contribution in [3.05, 3.63) is 96.1 Å². The van der Waals surface area contributed by atoms with Crippen molar-refractivity contribution in [3.8, 4) is 0 Å². The number of benzene rings is 3. The molecule has 0 bridgehead atoms. The van der Waals surface area contributed by atoms with E-state index in [2.05, 4.69) is 34.5 Å². The summed E-state index contributed by atoms with van der Waals surface area (Å²) in [6, 6.07) is 27.5. The highest BCUT2D eigenvalue weighted by Crippen LogP contribution is 2.31. The lowest BCUT2D eigenvalue weighted by atomic mass is 9.88. The zero-order valence-electron chi connectivity index (χ0n) is 21.1. The summed E-state index contributed by atoms with van der Waals surface area (Å²) in [4.78, 5) is 15.2. The maximum absolute atomic E-state index is 13.4. The van der Waals surface area contributed by atoms with E-state index in [4.69, 9.17) is 0 Å². The molecule has 3 aromatic rings. The summed E-state index contributed by atoms with van der Waals surface area (Å²) in [5.41, 5.74) is 3.06. The van der Waals surface area contributed by atoms with Crippen LogP contribution in [0.4, 0.5) is 5.69 Å². The maximum atomic E-state index is 13.4. The molecule has 1 aliphatic carbocycles. The number of carbonyl (C=O) groups excluding carboxylic acids is 1. The SMILES string of the molecule is O=C(Nc1ccc(S(=O)(=O)N2CCN(C(c3ccccc3)c3ccccc3)CC2)cc1)C1CCCCC1. The Balaban J connectivity index is 1.24. The first kappa shape index (κ1) is 25.6. The molecule has 2 fully saturated rings. The van der Waals surface area contributed by atoms with Crippen LogP contribution in [0.3, 0.4) is 0 Å². The van der Waals surface area contributed by atoms with Crippen LogP contribution in [0.5, 0.6) is 0 Å². The number of amides is 1. The molecule has 1 aliphatic heterocycles. The molecular formula is C30H35N3O3S. The molecule has 37 heavy (non-hydrogen) atoms. The fourth-order valence-electron chi connectivity index (χ4n) is 5.56. The largest absolute Gasteiger partial charge is 0.326 e. The van der Waals surface area contributed by atoms with Crippen LogP contribution < -0.4 is 5.32 Å². The number of anilines is 1. The zero-order chi connectivity index (χ0) is 25.7. The second-order valence-corrected chi connectivity index (χ2v) is 12.0. The van der Waals surface area contributed by atoms with Crippen molar-refractivity contribution >= 4 is 21.6 Å². The van der Waals surface area contributed by atoms with E-state index in [9.17, 15) is 13.2 Å². The van der Waals surface area contributed by atoms with Crippen molar-refractivity contribution < 1.29 is 13.2 Å². The summed E-state index contributed by atoms with van der Waals surface area (Å²) < 4.78 is 28.4. The highest BCUT2D eigenvalue weighted by molar-refractivity contribution is 7.89. The molecule has 1 amide bonds.